The van der Waals surface area contributed by atoms with Gasteiger partial charge in [-0.3, -0.25) is 9.69 Å². The van der Waals surface area contributed by atoms with Crippen molar-refractivity contribution in [3.8, 4) is 11.1 Å². The third-order valence-electron chi connectivity index (χ3n) is 9.30. The first-order valence-electron chi connectivity index (χ1n) is 16.3. The molecule has 4 aromatic rings. The van der Waals surface area contributed by atoms with Crippen LogP contribution in [0, 0.1) is 5.92 Å². The molecule has 7 heteroatoms. The van der Waals surface area contributed by atoms with E-state index in [-0.39, 0.29) is 30.6 Å². The fourth-order valence-corrected chi connectivity index (χ4v) is 6.68. The molecule has 5 atom stereocenters. The highest BCUT2D eigenvalue weighted by Gasteiger charge is 2.40. The Morgan fingerprint density at radius 2 is 1.65 bits per heavy atom. The molecule has 0 saturated carbocycles. The lowest BCUT2D eigenvalue weighted by atomic mass is 9.89. The highest BCUT2D eigenvalue weighted by atomic mass is 16.7. The largest absolute Gasteiger partial charge is 0.392 e. The lowest BCUT2D eigenvalue weighted by Gasteiger charge is -2.43. The molecule has 0 aliphatic carbocycles. The van der Waals surface area contributed by atoms with Crippen LogP contribution in [-0.4, -0.2) is 54.9 Å². The van der Waals surface area contributed by atoms with E-state index in [1.807, 2.05) is 54.6 Å². The van der Waals surface area contributed by atoms with Crippen LogP contribution in [0.2, 0.25) is 0 Å². The van der Waals surface area contributed by atoms with E-state index in [0.717, 1.165) is 65.9 Å². The summed E-state index contributed by atoms with van der Waals surface area (Å²) in [5, 5.41) is 12.6. The zero-order valence-electron chi connectivity index (χ0n) is 26.7. The Labute approximate surface area is 272 Å². The lowest BCUT2D eigenvalue weighted by Crippen LogP contribution is -2.46. The van der Waals surface area contributed by atoms with Gasteiger partial charge in [0, 0.05) is 43.3 Å². The quantitative estimate of drug-likeness (QED) is 0.195. The smallest absolute Gasteiger partial charge is 0.251 e. The zero-order valence-corrected chi connectivity index (χ0v) is 26.7. The summed E-state index contributed by atoms with van der Waals surface area (Å²) < 4.78 is 19.1. The molecule has 0 bridgehead atoms. The van der Waals surface area contributed by atoms with Crippen LogP contribution in [0.5, 0.6) is 0 Å². The number of nitrogens with one attached hydrogen (secondary N) is 1. The number of carbonyl (C=O) groups is 1. The monoisotopic (exact) mass is 620 g/mol. The van der Waals surface area contributed by atoms with Crippen LogP contribution in [0.1, 0.15) is 64.8 Å². The number of amides is 1. The van der Waals surface area contributed by atoms with Crippen LogP contribution >= 0.6 is 0 Å². The number of aliphatic hydroxyl groups is 1. The number of carbonyl (C=O) groups excluding carboxylic acids is 1. The van der Waals surface area contributed by atoms with Crippen molar-refractivity contribution >= 4 is 5.91 Å². The molecule has 240 valence electrons. The van der Waals surface area contributed by atoms with Gasteiger partial charge in [0.1, 0.15) is 0 Å². The Bertz CT molecular complexity index is 1580. The second kappa shape index (κ2) is 15.2. The number of rotatable bonds is 11. The van der Waals surface area contributed by atoms with E-state index in [0.29, 0.717) is 18.2 Å². The van der Waals surface area contributed by atoms with E-state index in [1.54, 1.807) is 7.11 Å². The second-order valence-corrected chi connectivity index (χ2v) is 12.4. The molecule has 2 saturated heterocycles. The Kier molecular flexibility index (Phi) is 10.6. The fraction of sp³-hybridized carbons (Fsp3) is 0.359. The van der Waals surface area contributed by atoms with E-state index in [1.165, 1.54) is 0 Å². The summed E-state index contributed by atoms with van der Waals surface area (Å²) in [7, 11) is 1.77. The van der Waals surface area contributed by atoms with Gasteiger partial charge in [-0.05, 0) is 71.5 Å². The van der Waals surface area contributed by atoms with Gasteiger partial charge in [0.15, 0.2) is 6.29 Å². The Morgan fingerprint density at radius 3 is 2.41 bits per heavy atom. The van der Waals surface area contributed by atoms with Crippen molar-refractivity contribution in [3.63, 3.8) is 0 Å². The van der Waals surface area contributed by atoms with Crippen molar-refractivity contribution in [2.75, 3.05) is 26.8 Å². The molecule has 2 aliphatic heterocycles. The molecule has 1 amide bonds. The van der Waals surface area contributed by atoms with E-state index < -0.39 is 6.29 Å². The standard InChI is InChI=1S/C39H44N2O5/c1-27-36(24-41-20-8-15-35(41)26-44-2)45-39(46-37(27)30-18-16-28(25-42)17-19-30)34-14-7-13-33(22-34)32-12-6-9-29(21-32)23-40-38(43)31-10-4-3-5-11-31/h3-7,9-14,16-19,21-22,27,35-37,39,42H,8,15,20,23-26H2,1-2H3,(H,40,43)/t27-,35-,36+,37+,39+/m0/s1. The minimum Gasteiger partial charge on any atom is -0.392 e. The maximum Gasteiger partial charge on any atom is 0.251 e. The highest BCUT2D eigenvalue weighted by molar-refractivity contribution is 5.94. The lowest BCUT2D eigenvalue weighted by molar-refractivity contribution is -0.276. The summed E-state index contributed by atoms with van der Waals surface area (Å²) in [6.07, 6.45) is 1.55. The summed E-state index contributed by atoms with van der Waals surface area (Å²) in [6, 6.07) is 34.3. The third kappa shape index (κ3) is 7.57. The second-order valence-electron chi connectivity index (χ2n) is 12.4. The number of benzene rings is 4. The third-order valence-corrected chi connectivity index (χ3v) is 9.30. The van der Waals surface area contributed by atoms with Crippen LogP contribution < -0.4 is 5.32 Å². The molecule has 2 fully saturated rings. The summed E-state index contributed by atoms with van der Waals surface area (Å²) in [5.74, 6) is 0.0254. The van der Waals surface area contributed by atoms with Gasteiger partial charge in [0.05, 0.1) is 25.4 Å². The highest BCUT2D eigenvalue weighted by Crippen LogP contribution is 2.43. The number of nitrogens with zero attached hydrogens (tertiary/aromatic N) is 1. The van der Waals surface area contributed by atoms with Gasteiger partial charge in [0.25, 0.3) is 5.91 Å². The number of methoxy groups -OCH3 is 1. The number of hydrogen-bond acceptors (Lipinski definition) is 6. The zero-order chi connectivity index (χ0) is 31.9. The van der Waals surface area contributed by atoms with Crippen LogP contribution in [0.15, 0.2) is 103 Å². The first-order valence-corrected chi connectivity index (χ1v) is 16.3. The summed E-state index contributed by atoms with van der Waals surface area (Å²) >= 11 is 0. The van der Waals surface area contributed by atoms with Crippen molar-refractivity contribution in [3.05, 3.63) is 131 Å². The average Bonchev–Trinajstić information content (AvgIpc) is 3.55. The average molecular weight is 621 g/mol. The molecule has 4 aromatic carbocycles. The first-order chi connectivity index (χ1) is 22.5. The van der Waals surface area contributed by atoms with Crippen molar-refractivity contribution < 1.29 is 24.1 Å². The molecule has 2 aliphatic rings. The molecule has 0 aromatic heterocycles. The maximum atomic E-state index is 12.6. The summed E-state index contributed by atoms with van der Waals surface area (Å²) in [4.78, 5) is 15.1. The van der Waals surface area contributed by atoms with Gasteiger partial charge in [-0.2, -0.15) is 0 Å². The molecular formula is C39H44N2O5. The normalized spacial score (nSPS) is 23.3. The first kappa shape index (κ1) is 32.1. The summed E-state index contributed by atoms with van der Waals surface area (Å²) in [6.45, 7) is 5.25. The van der Waals surface area contributed by atoms with Crippen LogP contribution in [0.25, 0.3) is 11.1 Å². The maximum absolute atomic E-state index is 12.6. The minimum atomic E-state index is -0.541. The van der Waals surface area contributed by atoms with Gasteiger partial charge in [-0.15, -0.1) is 0 Å². The number of hydrogen-bond donors (Lipinski definition) is 2. The van der Waals surface area contributed by atoms with Crippen LogP contribution in [0.4, 0.5) is 0 Å². The van der Waals surface area contributed by atoms with Crippen molar-refractivity contribution in [1.29, 1.82) is 0 Å². The molecule has 6 rings (SSSR count). The molecule has 0 radical (unpaired) electrons. The minimum absolute atomic E-state index is 0.0129. The van der Waals surface area contributed by atoms with Crippen molar-refractivity contribution in [1.82, 2.24) is 10.2 Å². The molecule has 7 nitrogen and oxygen atoms in total. The van der Waals surface area contributed by atoms with Gasteiger partial charge in [-0.1, -0.05) is 85.8 Å². The Morgan fingerprint density at radius 1 is 0.891 bits per heavy atom. The van der Waals surface area contributed by atoms with Gasteiger partial charge in [0.2, 0.25) is 0 Å². The van der Waals surface area contributed by atoms with Gasteiger partial charge in [-0.25, -0.2) is 0 Å². The van der Waals surface area contributed by atoms with E-state index in [4.69, 9.17) is 14.2 Å². The molecule has 0 spiro atoms. The Hall–Kier alpha value is -3.85. The molecule has 46 heavy (non-hydrogen) atoms. The van der Waals surface area contributed by atoms with E-state index >= 15 is 0 Å². The predicted molar refractivity (Wildman–Crippen MR) is 179 cm³/mol. The van der Waals surface area contributed by atoms with E-state index in [9.17, 15) is 9.90 Å². The van der Waals surface area contributed by atoms with Crippen molar-refractivity contribution in [2.45, 2.75) is 57.5 Å². The summed E-state index contributed by atoms with van der Waals surface area (Å²) in [5.41, 5.74) is 6.71. The number of likely N-dealkylation sites (tertiary alicyclic amines) is 1. The Balaban J connectivity index is 1.23. The van der Waals surface area contributed by atoms with Crippen LogP contribution in [-0.2, 0) is 27.4 Å². The van der Waals surface area contributed by atoms with E-state index in [2.05, 4.69) is 65.7 Å². The molecule has 0 unspecified atom stereocenters. The topological polar surface area (TPSA) is 80.3 Å². The molecular weight excluding hydrogens is 576 g/mol. The molecule has 2 heterocycles. The van der Waals surface area contributed by atoms with Crippen LogP contribution in [0.3, 0.4) is 0 Å². The fourth-order valence-electron chi connectivity index (χ4n) is 6.68. The molecule has 2 N–H and O–H groups in total. The number of aliphatic hydroxyl groups excluding tert-OH is 1. The van der Waals surface area contributed by atoms with Gasteiger partial charge < -0.3 is 24.6 Å². The van der Waals surface area contributed by atoms with Gasteiger partial charge >= 0.3 is 0 Å². The predicted octanol–water partition coefficient (Wildman–Crippen LogP) is 6.68. The van der Waals surface area contributed by atoms with Crippen molar-refractivity contribution in [2.24, 2.45) is 5.92 Å². The number of ether oxygens (including phenoxy) is 3. The SMILES string of the molecule is COC[C@@H]1CCCN1C[C@H]1O[C@@H](c2cccc(-c3cccc(CNC(=O)c4ccccc4)c3)c2)O[C@@H](c2ccc(CO)cc2)[C@H]1C.